The Morgan fingerprint density at radius 3 is 2.24 bits per heavy atom. The Bertz CT molecular complexity index is 938. The summed E-state index contributed by atoms with van der Waals surface area (Å²) in [6.45, 7) is 5.38. The van der Waals surface area contributed by atoms with Crippen LogP contribution in [0.15, 0.2) is 35.2 Å². The summed E-state index contributed by atoms with van der Waals surface area (Å²) in [5.74, 6) is -0.391. The van der Waals surface area contributed by atoms with E-state index < -0.39 is 15.9 Å². The molecule has 0 aliphatic carbocycles. The van der Waals surface area contributed by atoms with Crippen LogP contribution >= 0.6 is 11.6 Å². The Morgan fingerprint density at radius 2 is 1.68 bits per heavy atom. The zero-order chi connectivity index (χ0) is 18.9. The molecule has 0 aromatic heterocycles. The quantitative estimate of drug-likeness (QED) is 0.877. The van der Waals surface area contributed by atoms with E-state index in [-0.39, 0.29) is 10.5 Å². The van der Waals surface area contributed by atoms with Crippen molar-refractivity contribution in [1.82, 2.24) is 4.31 Å². The van der Waals surface area contributed by atoms with Crippen molar-refractivity contribution in [3.8, 4) is 0 Å². The summed E-state index contributed by atoms with van der Waals surface area (Å²) in [7, 11) is -0.712. The molecule has 7 heteroatoms. The largest absolute Gasteiger partial charge is 0.322 e. The van der Waals surface area contributed by atoms with Gasteiger partial charge >= 0.3 is 0 Å². The molecule has 0 fully saturated rings. The number of benzene rings is 2. The first kappa shape index (κ1) is 19.4. The fraction of sp³-hybridized carbons (Fsp3) is 0.278. The molecule has 0 spiro atoms. The molecule has 25 heavy (non-hydrogen) atoms. The van der Waals surface area contributed by atoms with Crippen molar-refractivity contribution >= 4 is 33.2 Å². The van der Waals surface area contributed by atoms with E-state index in [2.05, 4.69) is 5.32 Å². The molecule has 0 saturated carbocycles. The molecule has 2 rings (SSSR count). The molecule has 5 nitrogen and oxygen atoms in total. The number of hydrogen-bond acceptors (Lipinski definition) is 3. The third-order valence-electron chi connectivity index (χ3n) is 4.07. The van der Waals surface area contributed by atoms with Crippen molar-refractivity contribution in [2.24, 2.45) is 0 Å². The van der Waals surface area contributed by atoms with Gasteiger partial charge in [0.05, 0.1) is 4.90 Å². The molecular weight excluding hydrogens is 360 g/mol. The fourth-order valence-electron chi connectivity index (χ4n) is 2.30. The summed E-state index contributed by atoms with van der Waals surface area (Å²) >= 11 is 6.07. The maximum absolute atomic E-state index is 12.6. The van der Waals surface area contributed by atoms with Crippen molar-refractivity contribution < 1.29 is 13.2 Å². The highest BCUT2D eigenvalue weighted by atomic mass is 35.5. The number of nitrogens with zero attached hydrogens (tertiary/aromatic N) is 1. The van der Waals surface area contributed by atoms with Crippen LogP contribution in [0.3, 0.4) is 0 Å². The van der Waals surface area contributed by atoms with Gasteiger partial charge in [0.25, 0.3) is 5.91 Å². The van der Waals surface area contributed by atoms with Crippen LogP contribution in [0, 0.1) is 20.8 Å². The number of anilines is 1. The lowest BCUT2D eigenvalue weighted by Crippen LogP contribution is -2.24. The Labute approximate surface area is 153 Å². The van der Waals surface area contributed by atoms with Gasteiger partial charge in [-0.15, -0.1) is 0 Å². The molecule has 0 atom stereocenters. The molecule has 0 heterocycles. The lowest BCUT2D eigenvalue weighted by atomic mass is 10.1. The topological polar surface area (TPSA) is 66.5 Å². The van der Waals surface area contributed by atoms with Gasteiger partial charge in [0.15, 0.2) is 0 Å². The Kier molecular flexibility index (Phi) is 5.56. The van der Waals surface area contributed by atoms with E-state index in [4.69, 9.17) is 11.6 Å². The van der Waals surface area contributed by atoms with Crippen LogP contribution < -0.4 is 5.32 Å². The van der Waals surface area contributed by atoms with Gasteiger partial charge in [0.2, 0.25) is 10.0 Å². The smallest absolute Gasteiger partial charge is 0.255 e. The minimum atomic E-state index is -3.64. The molecule has 0 bridgehead atoms. The molecule has 1 amide bonds. The number of rotatable bonds is 4. The first-order valence-corrected chi connectivity index (χ1v) is 9.47. The first-order valence-electron chi connectivity index (χ1n) is 7.65. The molecule has 0 radical (unpaired) electrons. The van der Waals surface area contributed by atoms with E-state index in [1.165, 1.54) is 20.2 Å². The Morgan fingerprint density at radius 1 is 1.04 bits per heavy atom. The van der Waals surface area contributed by atoms with Gasteiger partial charge in [-0.05, 0) is 61.7 Å². The van der Waals surface area contributed by atoms with Crippen molar-refractivity contribution in [2.45, 2.75) is 25.7 Å². The van der Waals surface area contributed by atoms with Crippen LogP contribution in [0.5, 0.6) is 0 Å². The van der Waals surface area contributed by atoms with Crippen molar-refractivity contribution in [3.63, 3.8) is 0 Å². The normalized spacial score (nSPS) is 11.6. The van der Waals surface area contributed by atoms with Crippen LogP contribution in [0.2, 0.25) is 5.02 Å². The molecule has 1 N–H and O–H groups in total. The number of carbonyl (C=O) groups excluding carboxylic acids is 1. The van der Waals surface area contributed by atoms with E-state index in [1.54, 1.807) is 38.1 Å². The number of nitrogens with one attached hydrogen (secondary N) is 1. The highest BCUT2D eigenvalue weighted by Crippen LogP contribution is 2.25. The zero-order valence-corrected chi connectivity index (χ0v) is 16.4. The number of halogens is 1. The molecule has 0 aliphatic heterocycles. The maximum atomic E-state index is 12.6. The van der Waals surface area contributed by atoms with Crippen LogP contribution in [-0.2, 0) is 10.0 Å². The molecule has 0 saturated heterocycles. The number of hydrogen-bond donors (Lipinski definition) is 1. The van der Waals surface area contributed by atoms with Crippen molar-refractivity contribution in [3.05, 3.63) is 57.6 Å². The van der Waals surface area contributed by atoms with Crippen molar-refractivity contribution in [1.29, 1.82) is 0 Å². The van der Waals surface area contributed by atoms with Gasteiger partial charge in [0, 0.05) is 30.4 Å². The van der Waals surface area contributed by atoms with Gasteiger partial charge in [-0.25, -0.2) is 12.7 Å². The van der Waals surface area contributed by atoms with E-state index in [9.17, 15) is 13.2 Å². The van der Waals surface area contributed by atoms with Gasteiger partial charge in [-0.2, -0.15) is 0 Å². The zero-order valence-electron chi connectivity index (χ0n) is 14.8. The predicted octanol–water partition coefficient (Wildman–Crippen LogP) is 3.77. The molecule has 2 aromatic carbocycles. The minimum absolute atomic E-state index is 0.129. The van der Waals surface area contributed by atoms with Crippen molar-refractivity contribution in [2.75, 3.05) is 19.4 Å². The summed E-state index contributed by atoms with van der Waals surface area (Å²) in [6.07, 6.45) is 0. The summed E-state index contributed by atoms with van der Waals surface area (Å²) < 4.78 is 26.1. The Balaban J connectivity index is 2.44. The molecule has 0 unspecified atom stereocenters. The number of amides is 1. The fourth-order valence-corrected chi connectivity index (χ4v) is 3.69. The second-order valence-electron chi connectivity index (χ2n) is 6.12. The number of sulfonamides is 1. The predicted molar refractivity (Wildman–Crippen MR) is 101 cm³/mol. The summed E-state index contributed by atoms with van der Waals surface area (Å²) in [5.41, 5.74) is 3.10. The van der Waals surface area contributed by atoms with Gasteiger partial charge in [-0.3, -0.25) is 4.79 Å². The molecule has 2 aromatic rings. The van der Waals surface area contributed by atoms with Crippen LogP contribution in [0.1, 0.15) is 27.0 Å². The van der Waals surface area contributed by atoms with Crippen LogP contribution in [0.4, 0.5) is 5.69 Å². The Hall–Kier alpha value is -1.89. The number of carbonyl (C=O) groups is 1. The maximum Gasteiger partial charge on any atom is 0.255 e. The van der Waals surface area contributed by atoms with Crippen LogP contribution in [-0.4, -0.2) is 32.7 Å². The van der Waals surface area contributed by atoms with E-state index in [0.29, 0.717) is 16.3 Å². The summed E-state index contributed by atoms with van der Waals surface area (Å²) in [6, 6.07) is 8.29. The summed E-state index contributed by atoms with van der Waals surface area (Å²) in [4.78, 5) is 12.7. The third-order valence-corrected chi connectivity index (χ3v) is 6.42. The SMILES string of the molecule is Cc1ccc(NC(=O)c2cc(C)c(C)c(S(=O)(=O)N(C)C)c2)cc1Cl. The van der Waals surface area contributed by atoms with Gasteiger partial charge in [0.1, 0.15) is 0 Å². The highest BCUT2D eigenvalue weighted by molar-refractivity contribution is 7.89. The van der Waals surface area contributed by atoms with Crippen LogP contribution in [0.25, 0.3) is 0 Å². The second kappa shape index (κ2) is 7.15. The standard InChI is InChI=1S/C18H21ClN2O3S/c1-11-6-7-15(10-16(11)19)20-18(22)14-8-12(2)13(3)17(9-14)25(23,24)21(4)5/h6-10H,1-5H3,(H,20,22). The first-order chi connectivity index (χ1) is 11.5. The minimum Gasteiger partial charge on any atom is -0.322 e. The third kappa shape index (κ3) is 4.03. The van der Waals surface area contributed by atoms with Gasteiger partial charge in [-0.1, -0.05) is 17.7 Å². The number of aryl methyl sites for hydroxylation is 2. The second-order valence-corrected chi connectivity index (χ2v) is 8.65. The molecule has 134 valence electrons. The van der Waals surface area contributed by atoms with E-state index >= 15 is 0 Å². The lowest BCUT2D eigenvalue weighted by molar-refractivity contribution is 0.102. The average molecular weight is 381 g/mol. The van der Waals surface area contributed by atoms with E-state index in [1.807, 2.05) is 6.92 Å². The van der Waals surface area contributed by atoms with Gasteiger partial charge < -0.3 is 5.32 Å². The van der Waals surface area contributed by atoms with E-state index in [0.717, 1.165) is 15.4 Å². The lowest BCUT2D eigenvalue weighted by Gasteiger charge is -2.16. The monoisotopic (exact) mass is 380 g/mol. The molecule has 0 aliphatic rings. The summed E-state index contributed by atoms with van der Waals surface area (Å²) in [5, 5.41) is 3.30. The highest BCUT2D eigenvalue weighted by Gasteiger charge is 2.23. The molecular formula is C18H21ClN2O3S. The average Bonchev–Trinajstić information content (AvgIpc) is 2.52.